The van der Waals surface area contributed by atoms with Crippen LogP contribution in [0.1, 0.15) is 0 Å². The maximum absolute atomic E-state index is 9.49. The molecule has 106 valence electrons. The van der Waals surface area contributed by atoms with E-state index in [9.17, 15) is 5.11 Å². The minimum absolute atomic E-state index is 0.175. The van der Waals surface area contributed by atoms with Crippen molar-refractivity contribution >= 4 is 5.69 Å². The normalized spacial score (nSPS) is 10.6. The third-order valence-corrected chi connectivity index (χ3v) is 3.16. The minimum atomic E-state index is 0.175. The molecule has 3 rings (SSSR count). The molecule has 1 N–H and O–H groups in total. The minimum Gasteiger partial charge on any atom is -0.508 e. The van der Waals surface area contributed by atoms with Gasteiger partial charge < -0.3 is 14.5 Å². The summed E-state index contributed by atoms with van der Waals surface area (Å²) >= 11 is 0. The Morgan fingerprint density at radius 2 is 1.76 bits per heavy atom. The topological polar surface area (TPSA) is 62.4 Å². The van der Waals surface area contributed by atoms with Gasteiger partial charge in [0.15, 0.2) is 0 Å². The SMILES string of the molecule is CN(C)c1ccc(-c2nc(-c3cccc(O)c3)no2)cc1. The molecular formula is C16H15N3O2. The second-order valence-corrected chi connectivity index (χ2v) is 4.91. The van der Waals surface area contributed by atoms with Gasteiger partial charge in [-0.05, 0) is 36.4 Å². The van der Waals surface area contributed by atoms with Crippen LogP contribution in [-0.4, -0.2) is 29.3 Å². The number of rotatable bonds is 3. The van der Waals surface area contributed by atoms with E-state index < -0.39 is 0 Å². The van der Waals surface area contributed by atoms with Crippen LogP contribution in [0.25, 0.3) is 22.8 Å². The van der Waals surface area contributed by atoms with Crippen molar-refractivity contribution in [3.8, 4) is 28.6 Å². The Kier molecular flexibility index (Phi) is 3.31. The summed E-state index contributed by atoms with van der Waals surface area (Å²) in [4.78, 5) is 6.39. The molecule has 21 heavy (non-hydrogen) atoms. The molecule has 0 saturated heterocycles. The smallest absolute Gasteiger partial charge is 0.258 e. The molecule has 2 aromatic carbocycles. The standard InChI is InChI=1S/C16H15N3O2/c1-19(2)13-8-6-11(7-9-13)16-17-15(18-21-16)12-4-3-5-14(20)10-12/h3-10,20H,1-2H3. The fourth-order valence-corrected chi connectivity index (χ4v) is 2.01. The highest BCUT2D eigenvalue weighted by Crippen LogP contribution is 2.25. The van der Waals surface area contributed by atoms with Crippen molar-refractivity contribution in [2.24, 2.45) is 0 Å². The van der Waals surface area contributed by atoms with Crippen molar-refractivity contribution in [2.45, 2.75) is 0 Å². The summed E-state index contributed by atoms with van der Waals surface area (Å²) in [6.07, 6.45) is 0. The largest absolute Gasteiger partial charge is 0.508 e. The van der Waals surface area contributed by atoms with Crippen molar-refractivity contribution in [2.75, 3.05) is 19.0 Å². The number of benzene rings is 2. The molecule has 0 unspecified atom stereocenters. The van der Waals surface area contributed by atoms with Crippen LogP contribution in [0.15, 0.2) is 53.1 Å². The van der Waals surface area contributed by atoms with Crippen LogP contribution in [0.3, 0.4) is 0 Å². The zero-order chi connectivity index (χ0) is 14.8. The Morgan fingerprint density at radius 3 is 2.43 bits per heavy atom. The van der Waals surface area contributed by atoms with Crippen molar-refractivity contribution in [1.82, 2.24) is 10.1 Å². The van der Waals surface area contributed by atoms with E-state index in [-0.39, 0.29) is 5.75 Å². The molecule has 1 aromatic heterocycles. The summed E-state index contributed by atoms with van der Waals surface area (Å²) in [5.41, 5.74) is 2.68. The monoisotopic (exact) mass is 281 g/mol. The number of anilines is 1. The molecule has 0 atom stereocenters. The first kappa shape index (κ1) is 13.2. The van der Waals surface area contributed by atoms with Crippen molar-refractivity contribution < 1.29 is 9.63 Å². The predicted octanol–water partition coefficient (Wildman–Crippen LogP) is 3.18. The lowest BCUT2D eigenvalue weighted by molar-refractivity contribution is 0.432. The highest BCUT2D eigenvalue weighted by atomic mass is 16.5. The van der Waals surface area contributed by atoms with Crippen LogP contribution >= 0.6 is 0 Å². The summed E-state index contributed by atoms with van der Waals surface area (Å²) in [6, 6.07) is 14.6. The fourth-order valence-electron chi connectivity index (χ4n) is 2.01. The number of phenols is 1. The molecule has 0 amide bonds. The van der Waals surface area contributed by atoms with E-state index in [1.807, 2.05) is 49.3 Å². The summed E-state index contributed by atoms with van der Waals surface area (Å²) in [7, 11) is 3.98. The second-order valence-electron chi connectivity index (χ2n) is 4.91. The van der Waals surface area contributed by atoms with Gasteiger partial charge >= 0.3 is 0 Å². The van der Waals surface area contributed by atoms with Crippen LogP contribution < -0.4 is 4.90 Å². The molecule has 5 heteroatoms. The Balaban J connectivity index is 1.91. The van der Waals surface area contributed by atoms with Gasteiger partial charge in [0.05, 0.1) is 0 Å². The van der Waals surface area contributed by atoms with E-state index in [1.165, 1.54) is 0 Å². The lowest BCUT2D eigenvalue weighted by Gasteiger charge is -2.11. The summed E-state index contributed by atoms with van der Waals surface area (Å²) in [5, 5.41) is 13.4. The van der Waals surface area contributed by atoms with E-state index in [0.29, 0.717) is 11.7 Å². The first-order valence-corrected chi connectivity index (χ1v) is 6.54. The third-order valence-electron chi connectivity index (χ3n) is 3.16. The van der Waals surface area contributed by atoms with Crippen LogP contribution in [0, 0.1) is 0 Å². The molecule has 5 nitrogen and oxygen atoms in total. The molecule has 1 heterocycles. The van der Waals surface area contributed by atoms with Gasteiger partial charge in [0.1, 0.15) is 5.75 Å². The Hall–Kier alpha value is -2.82. The van der Waals surface area contributed by atoms with Gasteiger partial charge in [-0.2, -0.15) is 4.98 Å². The Morgan fingerprint density at radius 1 is 1.00 bits per heavy atom. The van der Waals surface area contributed by atoms with Crippen LogP contribution in [-0.2, 0) is 0 Å². The van der Waals surface area contributed by atoms with E-state index >= 15 is 0 Å². The van der Waals surface area contributed by atoms with Gasteiger partial charge in [-0.1, -0.05) is 17.3 Å². The maximum Gasteiger partial charge on any atom is 0.258 e. The van der Waals surface area contributed by atoms with E-state index in [0.717, 1.165) is 16.8 Å². The number of nitrogens with zero attached hydrogens (tertiary/aromatic N) is 3. The Labute approximate surface area is 122 Å². The van der Waals surface area contributed by atoms with Crippen molar-refractivity contribution in [3.63, 3.8) is 0 Å². The molecular weight excluding hydrogens is 266 g/mol. The van der Waals surface area contributed by atoms with Crippen molar-refractivity contribution in [1.29, 1.82) is 0 Å². The van der Waals surface area contributed by atoms with E-state index in [4.69, 9.17) is 4.52 Å². The molecule has 0 fully saturated rings. The molecule has 0 aliphatic carbocycles. The van der Waals surface area contributed by atoms with E-state index in [2.05, 4.69) is 10.1 Å². The van der Waals surface area contributed by atoms with Crippen LogP contribution in [0.2, 0.25) is 0 Å². The number of hydrogen-bond acceptors (Lipinski definition) is 5. The highest BCUT2D eigenvalue weighted by molar-refractivity contribution is 5.63. The predicted molar refractivity (Wildman–Crippen MR) is 81.2 cm³/mol. The number of phenolic OH excluding ortho intramolecular Hbond substituents is 1. The zero-order valence-corrected chi connectivity index (χ0v) is 11.8. The zero-order valence-electron chi connectivity index (χ0n) is 11.8. The van der Waals surface area contributed by atoms with Crippen molar-refractivity contribution in [3.05, 3.63) is 48.5 Å². The molecule has 0 aliphatic heterocycles. The molecule has 0 radical (unpaired) electrons. The lowest BCUT2D eigenvalue weighted by atomic mass is 10.2. The molecule has 0 spiro atoms. The first-order chi connectivity index (χ1) is 10.1. The number of aromatic nitrogens is 2. The number of aromatic hydroxyl groups is 1. The molecule has 0 saturated carbocycles. The van der Waals surface area contributed by atoms with Gasteiger partial charge in [0.2, 0.25) is 5.82 Å². The van der Waals surface area contributed by atoms with E-state index in [1.54, 1.807) is 18.2 Å². The third kappa shape index (κ3) is 2.72. The summed E-state index contributed by atoms with van der Waals surface area (Å²) in [5.74, 6) is 1.09. The maximum atomic E-state index is 9.49. The second kappa shape index (κ2) is 5.28. The van der Waals surface area contributed by atoms with Gasteiger partial charge in [-0.15, -0.1) is 0 Å². The van der Waals surface area contributed by atoms with Gasteiger partial charge in [-0.25, -0.2) is 0 Å². The molecule has 3 aromatic rings. The summed E-state index contributed by atoms with van der Waals surface area (Å²) < 4.78 is 5.29. The highest BCUT2D eigenvalue weighted by Gasteiger charge is 2.11. The quantitative estimate of drug-likeness (QED) is 0.799. The number of hydrogen-bond donors (Lipinski definition) is 1. The van der Waals surface area contributed by atoms with Gasteiger partial charge in [0.25, 0.3) is 5.89 Å². The van der Waals surface area contributed by atoms with Gasteiger partial charge in [0, 0.05) is 30.9 Å². The summed E-state index contributed by atoms with van der Waals surface area (Å²) in [6.45, 7) is 0. The average Bonchev–Trinajstić information content (AvgIpc) is 2.97. The van der Waals surface area contributed by atoms with Gasteiger partial charge in [-0.3, -0.25) is 0 Å². The lowest BCUT2D eigenvalue weighted by Crippen LogP contribution is -2.07. The fraction of sp³-hybridized carbons (Fsp3) is 0.125. The van der Waals surface area contributed by atoms with Crippen LogP contribution in [0.5, 0.6) is 5.75 Å². The van der Waals surface area contributed by atoms with Crippen LogP contribution in [0.4, 0.5) is 5.69 Å². The average molecular weight is 281 g/mol. The Bertz CT molecular complexity index is 748. The molecule has 0 aliphatic rings. The molecule has 0 bridgehead atoms. The first-order valence-electron chi connectivity index (χ1n) is 6.54.